The summed E-state index contributed by atoms with van der Waals surface area (Å²) in [5.74, 6) is 0. The van der Waals surface area contributed by atoms with Crippen molar-refractivity contribution < 1.29 is 0 Å². The van der Waals surface area contributed by atoms with Crippen molar-refractivity contribution in [3.05, 3.63) is 17.5 Å². The van der Waals surface area contributed by atoms with Crippen molar-refractivity contribution in [3.63, 3.8) is 0 Å². The second kappa shape index (κ2) is 4.51. The van der Waals surface area contributed by atoms with Crippen LogP contribution in [0.5, 0.6) is 0 Å². The first-order valence-corrected chi connectivity index (χ1v) is 3.64. The predicted octanol–water partition coefficient (Wildman–Crippen LogP) is 1.63. The Bertz CT molecular complexity index is 235. The number of rotatable bonds is 0. The van der Waals surface area contributed by atoms with Gasteiger partial charge in [0.2, 0.25) is 0 Å². The van der Waals surface area contributed by atoms with Crippen molar-refractivity contribution in [1.82, 2.24) is 9.78 Å². The summed E-state index contributed by atoms with van der Waals surface area (Å²) in [6, 6.07) is 2.04. The summed E-state index contributed by atoms with van der Waals surface area (Å²) in [6.45, 7) is 5.87. The Balaban J connectivity index is 0.000000461. The zero-order chi connectivity index (χ0) is 8.85. The van der Waals surface area contributed by atoms with E-state index in [9.17, 15) is 0 Å². The van der Waals surface area contributed by atoms with Crippen LogP contribution in [0.25, 0.3) is 0 Å². The fourth-order valence-corrected chi connectivity index (χ4v) is 0.708. The molecule has 1 aromatic heterocycles. The molecule has 1 rings (SSSR count). The van der Waals surface area contributed by atoms with Gasteiger partial charge in [0.15, 0.2) is 0 Å². The van der Waals surface area contributed by atoms with Gasteiger partial charge in [0.05, 0.1) is 6.20 Å². The van der Waals surface area contributed by atoms with E-state index in [-0.39, 0.29) is 0 Å². The standard InChI is InChI=1S/C6H7N3.C2H6/c1-5-4-8-9(2)6(5)3-7;1-2/h4H,1-2H3;1-2H3. The Morgan fingerprint density at radius 3 is 2.27 bits per heavy atom. The summed E-state index contributed by atoms with van der Waals surface area (Å²) in [7, 11) is 1.76. The fourth-order valence-electron chi connectivity index (χ4n) is 0.708. The molecule has 1 aromatic rings. The molecule has 0 aliphatic carbocycles. The largest absolute Gasteiger partial charge is 0.258 e. The molecule has 0 radical (unpaired) electrons. The minimum Gasteiger partial charge on any atom is -0.258 e. The van der Waals surface area contributed by atoms with Crippen LogP contribution in [-0.2, 0) is 7.05 Å². The molecule has 0 spiro atoms. The average molecular weight is 151 g/mol. The van der Waals surface area contributed by atoms with Crippen molar-refractivity contribution in [2.75, 3.05) is 0 Å². The molecule has 0 aliphatic rings. The van der Waals surface area contributed by atoms with E-state index in [0.717, 1.165) is 5.56 Å². The predicted molar refractivity (Wildman–Crippen MR) is 44.0 cm³/mol. The van der Waals surface area contributed by atoms with Gasteiger partial charge >= 0.3 is 0 Å². The quantitative estimate of drug-likeness (QED) is 0.565. The molecule has 3 heteroatoms. The number of hydrogen-bond acceptors (Lipinski definition) is 2. The Hall–Kier alpha value is -1.30. The van der Waals surface area contributed by atoms with Crippen LogP contribution in [0.15, 0.2) is 6.20 Å². The van der Waals surface area contributed by atoms with Gasteiger partial charge in [0.1, 0.15) is 11.8 Å². The highest BCUT2D eigenvalue weighted by atomic mass is 15.3. The zero-order valence-electron chi connectivity index (χ0n) is 7.42. The maximum absolute atomic E-state index is 8.48. The molecule has 0 unspecified atom stereocenters. The smallest absolute Gasteiger partial charge is 0.141 e. The van der Waals surface area contributed by atoms with E-state index < -0.39 is 0 Å². The van der Waals surface area contributed by atoms with Crippen LogP contribution >= 0.6 is 0 Å². The molecule has 11 heavy (non-hydrogen) atoms. The van der Waals surface area contributed by atoms with Gasteiger partial charge in [-0.05, 0) is 6.92 Å². The van der Waals surface area contributed by atoms with Gasteiger partial charge < -0.3 is 0 Å². The monoisotopic (exact) mass is 151 g/mol. The minimum atomic E-state index is 0.634. The van der Waals surface area contributed by atoms with Crippen LogP contribution in [0, 0.1) is 18.3 Å². The molecular weight excluding hydrogens is 138 g/mol. The maximum Gasteiger partial charge on any atom is 0.141 e. The van der Waals surface area contributed by atoms with Gasteiger partial charge in [0.25, 0.3) is 0 Å². The van der Waals surface area contributed by atoms with Gasteiger partial charge in [-0.1, -0.05) is 13.8 Å². The molecule has 0 fully saturated rings. The van der Waals surface area contributed by atoms with E-state index in [2.05, 4.69) is 5.10 Å². The highest BCUT2D eigenvalue weighted by Gasteiger charge is 1.99. The number of nitrogens with zero attached hydrogens (tertiary/aromatic N) is 3. The highest BCUT2D eigenvalue weighted by molar-refractivity contribution is 5.27. The van der Waals surface area contributed by atoms with Crippen molar-refractivity contribution in [3.8, 4) is 6.07 Å². The molecule has 60 valence electrons. The van der Waals surface area contributed by atoms with Crippen molar-refractivity contribution >= 4 is 0 Å². The molecule has 0 aromatic carbocycles. The zero-order valence-corrected chi connectivity index (χ0v) is 7.42. The summed E-state index contributed by atoms with van der Waals surface area (Å²) in [4.78, 5) is 0. The summed E-state index contributed by atoms with van der Waals surface area (Å²) in [5.41, 5.74) is 1.56. The van der Waals surface area contributed by atoms with E-state index in [1.165, 1.54) is 0 Å². The summed E-state index contributed by atoms with van der Waals surface area (Å²) in [5, 5.41) is 12.4. The molecular formula is C8H13N3. The third-order valence-corrected chi connectivity index (χ3v) is 1.23. The first kappa shape index (κ1) is 9.70. The fraction of sp³-hybridized carbons (Fsp3) is 0.500. The third-order valence-electron chi connectivity index (χ3n) is 1.23. The van der Waals surface area contributed by atoms with Gasteiger partial charge in [0, 0.05) is 12.6 Å². The first-order valence-electron chi connectivity index (χ1n) is 3.64. The lowest BCUT2D eigenvalue weighted by Crippen LogP contribution is -1.93. The van der Waals surface area contributed by atoms with Crippen LogP contribution in [0.3, 0.4) is 0 Å². The molecule has 0 atom stereocenters. The van der Waals surface area contributed by atoms with Crippen LogP contribution in [0.2, 0.25) is 0 Å². The maximum atomic E-state index is 8.48. The normalized spacial score (nSPS) is 7.91. The number of hydrogen-bond donors (Lipinski definition) is 0. The van der Waals surface area contributed by atoms with Gasteiger partial charge in [-0.15, -0.1) is 0 Å². The molecule has 3 nitrogen and oxygen atoms in total. The first-order chi connectivity index (χ1) is 5.25. The van der Waals surface area contributed by atoms with E-state index in [0.29, 0.717) is 5.69 Å². The Morgan fingerprint density at radius 2 is 2.09 bits per heavy atom. The van der Waals surface area contributed by atoms with Crippen LogP contribution in [-0.4, -0.2) is 9.78 Å². The highest BCUT2D eigenvalue weighted by Crippen LogP contribution is 2.01. The molecule has 0 saturated carbocycles. The number of aryl methyl sites for hydroxylation is 2. The average Bonchev–Trinajstić information content (AvgIpc) is 2.35. The van der Waals surface area contributed by atoms with Gasteiger partial charge in [-0.3, -0.25) is 4.68 Å². The van der Waals surface area contributed by atoms with Crippen molar-refractivity contribution in [2.24, 2.45) is 7.05 Å². The Morgan fingerprint density at radius 1 is 1.55 bits per heavy atom. The number of nitriles is 1. The number of aromatic nitrogens is 2. The van der Waals surface area contributed by atoms with E-state index in [1.807, 2.05) is 26.8 Å². The molecule has 0 aliphatic heterocycles. The molecule has 0 amide bonds. The molecule has 1 heterocycles. The topological polar surface area (TPSA) is 41.6 Å². The second-order valence-corrected chi connectivity index (χ2v) is 1.91. The summed E-state index contributed by atoms with van der Waals surface area (Å²) >= 11 is 0. The Labute approximate surface area is 67.3 Å². The SMILES string of the molecule is CC.Cc1cnn(C)c1C#N. The Kier molecular flexibility index (Phi) is 3.97. The third kappa shape index (κ3) is 2.08. The summed E-state index contributed by atoms with van der Waals surface area (Å²) in [6.07, 6.45) is 1.68. The second-order valence-electron chi connectivity index (χ2n) is 1.91. The molecule has 0 N–H and O–H groups in total. The van der Waals surface area contributed by atoms with Crippen molar-refractivity contribution in [1.29, 1.82) is 5.26 Å². The minimum absolute atomic E-state index is 0.634. The van der Waals surface area contributed by atoms with Crippen molar-refractivity contribution in [2.45, 2.75) is 20.8 Å². The molecule has 0 bridgehead atoms. The van der Waals surface area contributed by atoms with E-state index in [4.69, 9.17) is 5.26 Å². The van der Waals surface area contributed by atoms with E-state index >= 15 is 0 Å². The van der Waals surface area contributed by atoms with Crippen LogP contribution in [0.1, 0.15) is 25.1 Å². The molecule has 0 saturated heterocycles. The summed E-state index contributed by atoms with van der Waals surface area (Å²) < 4.78 is 1.56. The lowest BCUT2D eigenvalue weighted by Gasteiger charge is -1.87. The lowest BCUT2D eigenvalue weighted by molar-refractivity contribution is 0.755. The van der Waals surface area contributed by atoms with Gasteiger partial charge in [-0.25, -0.2) is 0 Å². The van der Waals surface area contributed by atoms with Gasteiger partial charge in [-0.2, -0.15) is 10.4 Å². The van der Waals surface area contributed by atoms with Crippen LogP contribution < -0.4 is 0 Å². The lowest BCUT2D eigenvalue weighted by atomic mass is 10.3. The van der Waals surface area contributed by atoms with E-state index in [1.54, 1.807) is 17.9 Å². The van der Waals surface area contributed by atoms with Crippen LogP contribution in [0.4, 0.5) is 0 Å².